The molecule has 7 rings (SSSR count). The number of fused-ring (bicyclic) bond motifs is 3. The summed E-state index contributed by atoms with van der Waals surface area (Å²) in [4.78, 5) is 58.9. The molecule has 0 radical (unpaired) electrons. The maximum Gasteiger partial charge on any atom is 0.238 e. The summed E-state index contributed by atoms with van der Waals surface area (Å²) in [7, 11) is 6.82. The van der Waals surface area contributed by atoms with Crippen LogP contribution in [0.25, 0.3) is 0 Å². The Morgan fingerprint density at radius 2 is 1.44 bits per heavy atom. The molecule has 4 aliphatic rings. The fourth-order valence-electron chi connectivity index (χ4n) is 7.76. The summed E-state index contributed by atoms with van der Waals surface area (Å²) < 4.78 is 11.4. The summed E-state index contributed by atoms with van der Waals surface area (Å²) in [5.74, 6) is -3.54. The van der Waals surface area contributed by atoms with Crippen LogP contribution in [-0.4, -0.2) is 56.8 Å². The van der Waals surface area contributed by atoms with E-state index in [9.17, 15) is 24.3 Å². The molecule has 0 saturated carbocycles. The highest BCUT2D eigenvalue weighted by atomic mass is 16.5. The molecule has 4 atom stereocenters. The predicted molar refractivity (Wildman–Crippen MR) is 186 cm³/mol. The normalized spacial score (nSPS) is 23.0. The highest BCUT2D eigenvalue weighted by molar-refractivity contribution is 6.25. The van der Waals surface area contributed by atoms with E-state index in [1.54, 1.807) is 31.2 Å². The third kappa shape index (κ3) is 5.29. The Morgan fingerprint density at radius 1 is 0.840 bits per heavy atom. The number of imide groups is 1. The molecule has 50 heavy (non-hydrogen) atoms. The first-order chi connectivity index (χ1) is 24.0. The van der Waals surface area contributed by atoms with Crippen molar-refractivity contribution in [2.75, 3.05) is 38.1 Å². The van der Waals surface area contributed by atoms with Crippen molar-refractivity contribution in [1.82, 2.24) is 0 Å². The van der Waals surface area contributed by atoms with E-state index < -0.39 is 23.7 Å². The van der Waals surface area contributed by atoms with Crippen molar-refractivity contribution in [3.63, 3.8) is 0 Å². The number of methoxy groups -OCH3 is 2. The molecule has 0 aromatic heterocycles. The van der Waals surface area contributed by atoms with Gasteiger partial charge in [0.1, 0.15) is 17.2 Å². The van der Waals surface area contributed by atoms with Gasteiger partial charge in [-0.25, -0.2) is 0 Å². The predicted octanol–water partition coefficient (Wildman–Crippen LogP) is 6.52. The topological polar surface area (TPSA) is 138 Å². The van der Waals surface area contributed by atoms with Gasteiger partial charge in [0, 0.05) is 60.1 Å². The van der Waals surface area contributed by atoms with Crippen molar-refractivity contribution in [2.24, 2.45) is 28.0 Å². The Labute approximate surface area is 289 Å². The lowest BCUT2D eigenvalue weighted by atomic mass is 9.59. The van der Waals surface area contributed by atoms with E-state index in [0.717, 1.165) is 11.3 Å². The molecule has 1 fully saturated rings. The van der Waals surface area contributed by atoms with Crippen molar-refractivity contribution in [2.45, 2.75) is 25.7 Å². The van der Waals surface area contributed by atoms with Crippen molar-refractivity contribution in [1.29, 1.82) is 0 Å². The van der Waals surface area contributed by atoms with E-state index in [4.69, 9.17) is 9.47 Å². The summed E-state index contributed by atoms with van der Waals surface area (Å²) in [5.41, 5.74) is 4.86. The molecule has 4 unspecified atom stereocenters. The molecule has 3 aromatic carbocycles. The summed E-state index contributed by atoms with van der Waals surface area (Å²) in [5, 5.41) is 19.0. The van der Waals surface area contributed by atoms with Gasteiger partial charge in [0.15, 0.2) is 11.6 Å². The summed E-state index contributed by atoms with van der Waals surface area (Å²) in [6.45, 7) is 1.61. The first-order valence-corrected chi connectivity index (χ1v) is 16.3. The van der Waals surface area contributed by atoms with Crippen molar-refractivity contribution in [3.8, 4) is 17.2 Å². The van der Waals surface area contributed by atoms with E-state index in [1.165, 1.54) is 37.3 Å². The monoisotopic (exact) mass is 672 g/mol. The number of benzene rings is 3. The van der Waals surface area contributed by atoms with Crippen LogP contribution in [0.15, 0.2) is 105 Å². The quantitative estimate of drug-likeness (QED) is 0.130. The maximum atomic E-state index is 14.3. The molecule has 0 spiro atoms. The number of hydrogen-bond acceptors (Lipinski definition) is 10. The fourth-order valence-corrected chi connectivity index (χ4v) is 7.76. The first-order valence-electron chi connectivity index (χ1n) is 16.3. The summed E-state index contributed by atoms with van der Waals surface area (Å²) >= 11 is 0. The van der Waals surface area contributed by atoms with Gasteiger partial charge >= 0.3 is 0 Å². The van der Waals surface area contributed by atoms with E-state index in [1.807, 2.05) is 49.3 Å². The van der Waals surface area contributed by atoms with Gasteiger partial charge in [-0.15, -0.1) is 0 Å². The number of anilines is 2. The van der Waals surface area contributed by atoms with Crippen LogP contribution in [-0.2, 0) is 19.2 Å². The minimum absolute atomic E-state index is 0.0952. The van der Waals surface area contributed by atoms with Gasteiger partial charge in [0.2, 0.25) is 11.8 Å². The SMILES string of the molecule is COc1cc(O)cc(OC)c1C1C2=CCC3C(=O)N(c4ccc(N=Nc5ccc(N(C)C)cc5)cc4)C(=O)C3C2CC2=C1C(=O)C(C)=CC2=O. The summed E-state index contributed by atoms with van der Waals surface area (Å²) in [6.07, 6.45) is 3.68. The third-order valence-electron chi connectivity index (χ3n) is 10.1. The van der Waals surface area contributed by atoms with Gasteiger partial charge in [-0.3, -0.25) is 24.1 Å². The van der Waals surface area contributed by atoms with Gasteiger partial charge in [-0.2, -0.15) is 10.2 Å². The molecule has 1 heterocycles. The molecule has 3 aliphatic carbocycles. The molecule has 254 valence electrons. The van der Waals surface area contributed by atoms with Crippen molar-refractivity contribution < 1.29 is 33.8 Å². The van der Waals surface area contributed by atoms with Gasteiger partial charge in [0.05, 0.1) is 43.1 Å². The van der Waals surface area contributed by atoms with Gasteiger partial charge in [0.25, 0.3) is 0 Å². The Balaban J connectivity index is 1.23. The number of azo groups is 1. The number of allylic oxidation sites excluding steroid dienone is 6. The molecular weight excluding hydrogens is 636 g/mol. The average Bonchev–Trinajstić information content (AvgIpc) is 3.37. The van der Waals surface area contributed by atoms with Crippen LogP contribution < -0.4 is 19.3 Å². The molecular formula is C39H36N4O7. The zero-order valence-electron chi connectivity index (χ0n) is 28.3. The Bertz CT molecular complexity index is 2050. The number of carbonyl (C=O) groups excluding carboxylic acids is 4. The standard InChI is InChI=1S/C39H36N4O7/c1-20-16-30(45)29-19-28-26(34(35(29)37(20)46)36-31(49-4)17-25(44)18-32(36)50-5)14-15-27-33(28)39(48)43(38(27)47)24-12-8-22(9-13-24)41-40-21-6-10-23(11-7-21)42(2)3/h6-14,16-18,27-28,33-34,44H,15,19H2,1-5H3. The first kappa shape index (κ1) is 32.7. The van der Waals surface area contributed by atoms with Crippen LogP contribution in [0, 0.1) is 17.8 Å². The number of phenolic OH excluding ortho intramolecular Hbond substituents is 1. The number of ketones is 2. The molecule has 2 amide bonds. The molecule has 0 bridgehead atoms. The second-order valence-corrected chi connectivity index (χ2v) is 13.1. The molecule has 1 aliphatic heterocycles. The van der Waals surface area contributed by atoms with E-state index in [0.29, 0.717) is 39.3 Å². The zero-order chi connectivity index (χ0) is 35.4. The van der Waals surface area contributed by atoms with Gasteiger partial charge in [-0.1, -0.05) is 11.6 Å². The number of carbonyl (C=O) groups is 4. The Kier molecular flexibility index (Phi) is 8.21. The lowest BCUT2D eigenvalue weighted by molar-refractivity contribution is -0.123. The highest BCUT2D eigenvalue weighted by Gasteiger charge is 2.57. The molecule has 11 heteroatoms. The van der Waals surface area contributed by atoms with Crippen LogP contribution in [0.4, 0.5) is 22.7 Å². The number of rotatable bonds is 7. The number of hydrogen-bond donors (Lipinski definition) is 1. The number of Topliss-reactive ketones (excluding diaryl/α,β-unsaturated/α-hetero) is 1. The van der Waals surface area contributed by atoms with Crippen LogP contribution in [0.1, 0.15) is 31.2 Å². The average molecular weight is 673 g/mol. The van der Waals surface area contributed by atoms with Crippen LogP contribution in [0.2, 0.25) is 0 Å². The minimum Gasteiger partial charge on any atom is -0.508 e. The van der Waals surface area contributed by atoms with E-state index in [-0.39, 0.29) is 53.5 Å². The van der Waals surface area contributed by atoms with E-state index in [2.05, 4.69) is 10.2 Å². The maximum absolute atomic E-state index is 14.3. The fraction of sp³-hybridized carbons (Fsp3) is 0.282. The third-order valence-corrected chi connectivity index (χ3v) is 10.1. The van der Waals surface area contributed by atoms with Crippen LogP contribution in [0.5, 0.6) is 17.2 Å². The highest BCUT2D eigenvalue weighted by Crippen LogP contribution is 2.58. The second-order valence-electron chi connectivity index (χ2n) is 13.1. The second kappa shape index (κ2) is 12.6. The van der Waals surface area contributed by atoms with Crippen molar-refractivity contribution >= 4 is 46.1 Å². The molecule has 3 aromatic rings. The largest absolute Gasteiger partial charge is 0.508 e. The van der Waals surface area contributed by atoms with Gasteiger partial charge in [-0.05, 0) is 80.3 Å². The number of ether oxygens (including phenoxy) is 2. The Morgan fingerprint density at radius 3 is 2.02 bits per heavy atom. The minimum atomic E-state index is -0.795. The lowest BCUT2D eigenvalue weighted by Crippen LogP contribution is -2.40. The lowest BCUT2D eigenvalue weighted by Gasteiger charge is -2.42. The number of phenols is 1. The van der Waals surface area contributed by atoms with Crippen LogP contribution in [0.3, 0.4) is 0 Å². The molecule has 11 nitrogen and oxygen atoms in total. The number of amides is 2. The van der Waals surface area contributed by atoms with Crippen LogP contribution >= 0.6 is 0 Å². The smallest absolute Gasteiger partial charge is 0.238 e. The van der Waals surface area contributed by atoms with E-state index >= 15 is 0 Å². The molecule has 1 N–H and O–H groups in total. The Hall–Kier alpha value is -5.84. The zero-order valence-corrected chi connectivity index (χ0v) is 28.3. The number of aromatic hydroxyl groups is 1. The number of nitrogens with zero attached hydrogens (tertiary/aromatic N) is 4. The van der Waals surface area contributed by atoms with Crippen molar-refractivity contribution in [3.05, 3.63) is 101 Å². The van der Waals surface area contributed by atoms with Gasteiger partial charge < -0.3 is 19.5 Å². The molecule has 1 saturated heterocycles. The summed E-state index contributed by atoms with van der Waals surface area (Å²) in [6, 6.07) is 17.3.